The average molecular weight is 328 g/mol. The van der Waals surface area contributed by atoms with Crippen LogP contribution in [0.25, 0.3) is 0 Å². The van der Waals surface area contributed by atoms with E-state index < -0.39 is 0 Å². The Kier molecular flexibility index (Phi) is 14.6. The number of nitrogens with zero attached hydrogens (tertiary/aromatic N) is 3. The second-order valence-electron chi connectivity index (χ2n) is 6.36. The molecule has 0 N–H and O–H groups in total. The summed E-state index contributed by atoms with van der Waals surface area (Å²) in [5.74, 6) is 0.225. The van der Waals surface area contributed by atoms with Crippen LogP contribution in [-0.2, 0) is 4.79 Å². The van der Waals surface area contributed by atoms with Crippen molar-refractivity contribution in [2.75, 3.05) is 52.9 Å². The molecule has 0 aromatic rings. The van der Waals surface area contributed by atoms with Gasteiger partial charge in [-0.15, -0.1) is 0 Å². The zero-order valence-corrected chi connectivity index (χ0v) is 16.4. The molecule has 3 heterocycles. The first-order valence-corrected chi connectivity index (χ1v) is 9.80. The molecular formula is C19H41N3O. The largest absolute Gasteiger partial charge is 0.343 e. The van der Waals surface area contributed by atoms with Gasteiger partial charge in [-0.3, -0.25) is 4.79 Å². The van der Waals surface area contributed by atoms with E-state index in [2.05, 4.69) is 23.8 Å². The Bertz CT molecular complexity index is 266. The van der Waals surface area contributed by atoms with Crippen LogP contribution >= 0.6 is 0 Å². The number of amides is 1. The highest BCUT2D eigenvalue weighted by molar-refractivity contribution is 5.73. The quantitative estimate of drug-likeness (QED) is 0.738. The summed E-state index contributed by atoms with van der Waals surface area (Å²) in [5.41, 5.74) is 0. The third-order valence-corrected chi connectivity index (χ3v) is 4.53. The second kappa shape index (κ2) is 14.9. The Morgan fingerprint density at radius 2 is 1.17 bits per heavy atom. The lowest BCUT2D eigenvalue weighted by Crippen LogP contribution is -2.24. The molecule has 1 amide bonds. The minimum Gasteiger partial charge on any atom is -0.343 e. The predicted octanol–water partition coefficient (Wildman–Crippen LogP) is 3.47. The molecule has 4 nitrogen and oxygen atoms in total. The van der Waals surface area contributed by atoms with E-state index in [0.717, 1.165) is 13.1 Å². The number of carbonyl (C=O) groups excluding carboxylic acids is 1. The van der Waals surface area contributed by atoms with Crippen LogP contribution < -0.4 is 0 Å². The van der Waals surface area contributed by atoms with E-state index in [-0.39, 0.29) is 5.91 Å². The molecule has 138 valence electrons. The molecule has 0 aromatic carbocycles. The van der Waals surface area contributed by atoms with Gasteiger partial charge in [0.1, 0.15) is 0 Å². The van der Waals surface area contributed by atoms with Gasteiger partial charge in [0, 0.05) is 20.0 Å². The standard InChI is InChI=1S/C6H11NO.C6H13N.C5H11N.C2H6/c1-6(8)7-4-2-3-5-7;1-2-7-5-3-4-6-7;1-6-4-2-3-5-6;1-2/h2-5H2,1H3;2-6H2,1H3;2-5H2,1H3;1-2H3. The molecule has 0 unspecified atom stereocenters. The highest BCUT2D eigenvalue weighted by Gasteiger charge is 2.12. The minimum absolute atomic E-state index is 0.225. The monoisotopic (exact) mass is 327 g/mol. The van der Waals surface area contributed by atoms with Crippen LogP contribution in [0.4, 0.5) is 0 Å². The van der Waals surface area contributed by atoms with E-state index in [1.165, 1.54) is 71.2 Å². The highest BCUT2D eigenvalue weighted by Crippen LogP contribution is 2.06. The molecule has 3 fully saturated rings. The first-order chi connectivity index (χ1) is 11.1. The number of rotatable bonds is 1. The van der Waals surface area contributed by atoms with Gasteiger partial charge in [0.05, 0.1) is 0 Å². The Morgan fingerprint density at radius 3 is 1.39 bits per heavy atom. The van der Waals surface area contributed by atoms with Crippen molar-refractivity contribution in [1.29, 1.82) is 0 Å². The topological polar surface area (TPSA) is 26.8 Å². The molecule has 0 radical (unpaired) electrons. The lowest BCUT2D eigenvalue weighted by molar-refractivity contribution is -0.127. The van der Waals surface area contributed by atoms with E-state index in [1.54, 1.807) is 6.92 Å². The van der Waals surface area contributed by atoms with Crippen LogP contribution in [0, 0.1) is 0 Å². The molecule has 0 spiro atoms. The van der Waals surface area contributed by atoms with Gasteiger partial charge in [0.2, 0.25) is 5.91 Å². The van der Waals surface area contributed by atoms with Crippen molar-refractivity contribution >= 4 is 5.91 Å². The van der Waals surface area contributed by atoms with Crippen LogP contribution in [0.2, 0.25) is 0 Å². The fourth-order valence-corrected chi connectivity index (χ4v) is 3.01. The normalized spacial score (nSPS) is 20.8. The molecule has 3 aliphatic heterocycles. The first kappa shape index (κ1) is 22.4. The van der Waals surface area contributed by atoms with Crippen molar-refractivity contribution in [2.45, 2.75) is 66.2 Å². The van der Waals surface area contributed by atoms with Gasteiger partial charge in [0.15, 0.2) is 0 Å². The van der Waals surface area contributed by atoms with Crippen molar-refractivity contribution in [2.24, 2.45) is 0 Å². The zero-order valence-electron chi connectivity index (χ0n) is 16.4. The highest BCUT2D eigenvalue weighted by atomic mass is 16.2. The lowest BCUT2D eigenvalue weighted by Gasteiger charge is -2.10. The fraction of sp³-hybridized carbons (Fsp3) is 0.947. The van der Waals surface area contributed by atoms with Crippen molar-refractivity contribution in [1.82, 2.24) is 14.7 Å². The summed E-state index contributed by atoms with van der Waals surface area (Å²) in [7, 11) is 2.17. The Hall–Kier alpha value is -0.610. The Labute approximate surface area is 145 Å². The van der Waals surface area contributed by atoms with Gasteiger partial charge in [-0.1, -0.05) is 20.8 Å². The van der Waals surface area contributed by atoms with Gasteiger partial charge in [0.25, 0.3) is 0 Å². The predicted molar refractivity (Wildman–Crippen MR) is 101 cm³/mol. The molecule has 23 heavy (non-hydrogen) atoms. The van der Waals surface area contributed by atoms with E-state index in [9.17, 15) is 4.79 Å². The molecule has 0 saturated carbocycles. The molecule has 0 aromatic heterocycles. The van der Waals surface area contributed by atoms with Crippen LogP contribution in [0.5, 0.6) is 0 Å². The molecular weight excluding hydrogens is 286 g/mol. The number of carbonyl (C=O) groups is 1. The Balaban J connectivity index is 0.000000302. The van der Waals surface area contributed by atoms with Crippen LogP contribution in [0.1, 0.15) is 66.2 Å². The summed E-state index contributed by atoms with van der Waals surface area (Å²) in [6.45, 7) is 16.4. The smallest absolute Gasteiger partial charge is 0.219 e. The summed E-state index contributed by atoms with van der Waals surface area (Å²) >= 11 is 0. The number of hydrogen-bond donors (Lipinski definition) is 0. The van der Waals surface area contributed by atoms with Gasteiger partial charge < -0.3 is 14.7 Å². The molecule has 3 saturated heterocycles. The molecule has 3 rings (SSSR count). The van der Waals surface area contributed by atoms with Crippen LogP contribution in [0.15, 0.2) is 0 Å². The number of hydrogen-bond acceptors (Lipinski definition) is 3. The summed E-state index contributed by atoms with van der Waals surface area (Å²) in [6, 6.07) is 0. The van der Waals surface area contributed by atoms with Crippen LogP contribution in [-0.4, -0.2) is 73.5 Å². The second-order valence-corrected chi connectivity index (χ2v) is 6.36. The van der Waals surface area contributed by atoms with Crippen molar-refractivity contribution < 1.29 is 4.79 Å². The zero-order chi connectivity index (χ0) is 17.5. The van der Waals surface area contributed by atoms with E-state index >= 15 is 0 Å². The molecule has 3 aliphatic rings. The SMILES string of the molecule is CC.CC(=O)N1CCCC1.CCN1CCCC1.CN1CCCC1. The Morgan fingerprint density at radius 1 is 0.783 bits per heavy atom. The summed E-state index contributed by atoms with van der Waals surface area (Å²) < 4.78 is 0. The van der Waals surface area contributed by atoms with E-state index in [0.29, 0.717) is 0 Å². The van der Waals surface area contributed by atoms with Crippen molar-refractivity contribution in [3.8, 4) is 0 Å². The maximum Gasteiger partial charge on any atom is 0.219 e. The number of likely N-dealkylation sites (tertiary alicyclic amines) is 3. The van der Waals surface area contributed by atoms with Crippen molar-refractivity contribution in [3.63, 3.8) is 0 Å². The third kappa shape index (κ3) is 11.5. The lowest BCUT2D eigenvalue weighted by atomic mass is 10.4. The molecule has 4 heteroatoms. The van der Waals surface area contributed by atoms with E-state index in [4.69, 9.17) is 0 Å². The molecule has 0 atom stereocenters. The molecule has 0 aliphatic carbocycles. The van der Waals surface area contributed by atoms with Gasteiger partial charge in [-0.2, -0.15) is 0 Å². The maximum atomic E-state index is 10.6. The van der Waals surface area contributed by atoms with Gasteiger partial charge in [-0.05, 0) is 78.3 Å². The van der Waals surface area contributed by atoms with Crippen molar-refractivity contribution in [3.05, 3.63) is 0 Å². The third-order valence-electron chi connectivity index (χ3n) is 4.53. The van der Waals surface area contributed by atoms with Crippen LogP contribution in [0.3, 0.4) is 0 Å². The fourth-order valence-electron chi connectivity index (χ4n) is 3.01. The van der Waals surface area contributed by atoms with Gasteiger partial charge in [-0.25, -0.2) is 0 Å². The average Bonchev–Trinajstić information content (AvgIpc) is 3.33. The van der Waals surface area contributed by atoms with E-state index in [1.807, 2.05) is 18.7 Å². The van der Waals surface area contributed by atoms with Gasteiger partial charge >= 0.3 is 0 Å². The first-order valence-electron chi connectivity index (χ1n) is 9.80. The maximum absolute atomic E-state index is 10.6. The molecule has 0 bridgehead atoms. The summed E-state index contributed by atoms with van der Waals surface area (Å²) in [4.78, 5) is 17.3. The minimum atomic E-state index is 0.225. The summed E-state index contributed by atoms with van der Waals surface area (Å²) in [6.07, 6.45) is 8.06. The summed E-state index contributed by atoms with van der Waals surface area (Å²) in [5, 5.41) is 0.